The molecule has 20 heavy (non-hydrogen) atoms. The van der Waals surface area contributed by atoms with Gasteiger partial charge in [0.15, 0.2) is 0 Å². The summed E-state index contributed by atoms with van der Waals surface area (Å²) < 4.78 is 4.43. The maximum absolute atomic E-state index is 11.6. The van der Waals surface area contributed by atoms with E-state index in [1.807, 2.05) is 0 Å². The zero-order chi connectivity index (χ0) is 14.8. The molecule has 1 aromatic rings. The molecule has 0 unspecified atom stereocenters. The molecule has 6 nitrogen and oxygen atoms in total. The lowest BCUT2D eigenvalue weighted by atomic mass is 10.2. The number of carbonyl (C=O) groups is 2. The zero-order valence-electron chi connectivity index (χ0n) is 11.5. The van der Waals surface area contributed by atoms with Crippen molar-refractivity contribution in [2.24, 2.45) is 0 Å². The Balaban J connectivity index is 2.18. The van der Waals surface area contributed by atoms with Crippen LogP contribution in [0.4, 0.5) is 10.5 Å². The fraction of sp³-hybridized carbons (Fsp3) is 0.429. The monoisotopic (exact) mass is 280 g/mol. The zero-order valence-corrected chi connectivity index (χ0v) is 11.5. The summed E-state index contributed by atoms with van der Waals surface area (Å²) in [5, 5.41) is 14.2. The summed E-state index contributed by atoms with van der Waals surface area (Å²) in [6, 6.07) is 7.02. The molecule has 0 radical (unpaired) electrons. The molecule has 0 aromatic heterocycles. The number of anilines is 1. The predicted molar refractivity (Wildman–Crippen MR) is 75.3 cm³/mol. The van der Waals surface area contributed by atoms with E-state index in [9.17, 15) is 9.59 Å². The Hall–Kier alpha value is -2.08. The summed E-state index contributed by atoms with van der Waals surface area (Å²) in [7, 11) is 1.31. The van der Waals surface area contributed by atoms with Gasteiger partial charge in [0.25, 0.3) is 0 Å². The maximum Gasteiger partial charge on any atom is 0.406 e. The second-order valence-corrected chi connectivity index (χ2v) is 4.28. The van der Waals surface area contributed by atoms with Crippen molar-refractivity contribution in [3.63, 3.8) is 0 Å². The number of nitrogens with one attached hydrogen (secondary N) is 2. The van der Waals surface area contributed by atoms with Crippen LogP contribution < -0.4 is 10.6 Å². The molecule has 0 heterocycles. The number of unbranched alkanes of at least 4 members (excludes halogenated alkanes) is 1. The fourth-order valence-electron chi connectivity index (χ4n) is 1.59. The van der Waals surface area contributed by atoms with E-state index in [4.69, 9.17) is 5.11 Å². The van der Waals surface area contributed by atoms with Crippen molar-refractivity contribution in [3.8, 4) is 0 Å². The minimum Gasteiger partial charge on any atom is -0.453 e. The molecule has 3 N–H and O–H groups in total. The second kappa shape index (κ2) is 8.92. The number of amides is 2. The molecule has 0 aliphatic rings. The first-order valence-electron chi connectivity index (χ1n) is 6.47. The third-order valence-corrected chi connectivity index (χ3v) is 2.71. The van der Waals surface area contributed by atoms with E-state index >= 15 is 0 Å². The molecule has 2 amide bonds. The van der Waals surface area contributed by atoms with Crippen molar-refractivity contribution in [3.05, 3.63) is 29.8 Å². The molecule has 0 aliphatic carbocycles. The molecule has 0 spiro atoms. The van der Waals surface area contributed by atoms with Gasteiger partial charge in [-0.25, -0.2) is 4.79 Å². The number of aliphatic hydroxyl groups excluding tert-OH is 1. The molecule has 110 valence electrons. The van der Waals surface area contributed by atoms with Crippen molar-refractivity contribution < 1.29 is 19.4 Å². The number of alkyl carbamates (subject to hydrolysis) is 1. The molecule has 0 atom stereocenters. The van der Waals surface area contributed by atoms with Gasteiger partial charge in [0.1, 0.15) is 0 Å². The Morgan fingerprint density at radius 1 is 1.20 bits per heavy atom. The summed E-state index contributed by atoms with van der Waals surface area (Å²) in [6.07, 6.45) is 1.33. The van der Waals surface area contributed by atoms with Gasteiger partial charge in [-0.05, 0) is 30.5 Å². The van der Waals surface area contributed by atoms with Crippen molar-refractivity contribution in [1.82, 2.24) is 5.32 Å². The average Bonchev–Trinajstić information content (AvgIpc) is 2.47. The molecule has 0 fully saturated rings. The maximum atomic E-state index is 11.6. The molecular weight excluding hydrogens is 260 g/mol. The minimum atomic E-state index is -0.460. The van der Waals surface area contributed by atoms with E-state index in [1.54, 1.807) is 24.3 Å². The van der Waals surface area contributed by atoms with E-state index in [1.165, 1.54) is 7.11 Å². The number of carbonyl (C=O) groups excluding carboxylic acids is 2. The Bertz CT molecular complexity index is 431. The van der Waals surface area contributed by atoms with E-state index in [-0.39, 0.29) is 12.5 Å². The topological polar surface area (TPSA) is 87.7 Å². The van der Waals surface area contributed by atoms with Crippen LogP contribution in [0.25, 0.3) is 0 Å². The van der Waals surface area contributed by atoms with Crippen molar-refractivity contribution in [2.45, 2.75) is 25.9 Å². The highest BCUT2D eigenvalue weighted by atomic mass is 16.5. The lowest BCUT2D eigenvalue weighted by Gasteiger charge is -2.06. The van der Waals surface area contributed by atoms with Gasteiger partial charge in [-0.15, -0.1) is 0 Å². The summed E-state index contributed by atoms with van der Waals surface area (Å²) in [5.41, 5.74) is 1.51. The number of aliphatic hydroxyl groups is 1. The molecule has 0 saturated heterocycles. The first-order valence-corrected chi connectivity index (χ1v) is 6.47. The van der Waals surface area contributed by atoms with E-state index in [0.717, 1.165) is 5.56 Å². The third-order valence-electron chi connectivity index (χ3n) is 2.71. The average molecular weight is 280 g/mol. The van der Waals surface area contributed by atoms with Crippen LogP contribution in [0.15, 0.2) is 24.3 Å². The van der Waals surface area contributed by atoms with Gasteiger partial charge in [0.05, 0.1) is 13.7 Å². The number of hydrogen-bond acceptors (Lipinski definition) is 4. The Morgan fingerprint density at radius 3 is 2.50 bits per heavy atom. The van der Waals surface area contributed by atoms with Crippen molar-refractivity contribution >= 4 is 17.7 Å². The number of ether oxygens (including phenoxy) is 1. The smallest absolute Gasteiger partial charge is 0.406 e. The summed E-state index contributed by atoms with van der Waals surface area (Å²) in [5.74, 6) is -0.0696. The normalized spacial score (nSPS) is 9.90. The summed E-state index contributed by atoms with van der Waals surface area (Å²) >= 11 is 0. The minimum absolute atomic E-state index is 0.0125. The van der Waals surface area contributed by atoms with Gasteiger partial charge in [-0.1, -0.05) is 12.1 Å². The van der Waals surface area contributed by atoms with Crippen LogP contribution in [-0.4, -0.2) is 30.8 Å². The first-order chi connectivity index (χ1) is 9.65. The van der Waals surface area contributed by atoms with Crippen LogP contribution in [0, 0.1) is 0 Å². The van der Waals surface area contributed by atoms with Crippen LogP contribution in [0.2, 0.25) is 0 Å². The molecule has 6 heteroatoms. The summed E-state index contributed by atoms with van der Waals surface area (Å²) in [6.45, 7) is 0.479. The highest BCUT2D eigenvalue weighted by Crippen LogP contribution is 2.10. The van der Waals surface area contributed by atoms with Crippen molar-refractivity contribution in [1.29, 1.82) is 0 Å². The molecule has 1 rings (SSSR count). The van der Waals surface area contributed by atoms with Gasteiger partial charge >= 0.3 is 6.09 Å². The van der Waals surface area contributed by atoms with E-state index in [0.29, 0.717) is 31.5 Å². The Morgan fingerprint density at radius 2 is 1.90 bits per heavy atom. The third kappa shape index (κ3) is 6.19. The lowest BCUT2D eigenvalue weighted by molar-refractivity contribution is -0.116. The fourth-order valence-corrected chi connectivity index (χ4v) is 1.59. The Kier molecular flexibility index (Phi) is 7.13. The number of methoxy groups -OCH3 is 1. The lowest BCUT2D eigenvalue weighted by Crippen LogP contribution is -2.24. The molecule has 0 aliphatic heterocycles. The van der Waals surface area contributed by atoms with Crippen LogP contribution in [0.5, 0.6) is 0 Å². The molecule has 1 aromatic carbocycles. The molecular formula is C14H20N2O4. The first kappa shape index (κ1) is 16.0. The predicted octanol–water partition coefficient (Wildman–Crippen LogP) is 1.64. The van der Waals surface area contributed by atoms with E-state index in [2.05, 4.69) is 15.4 Å². The standard InChI is InChI=1S/C14H20N2O4/c1-20-14(19)15-9-3-2-4-13(18)16-12-7-5-11(10-17)6-8-12/h5-8,17H,2-4,9-10H2,1H3,(H,15,19)(H,16,18). The SMILES string of the molecule is COC(=O)NCCCCC(=O)Nc1ccc(CO)cc1. The highest BCUT2D eigenvalue weighted by molar-refractivity contribution is 5.90. The van der Waals surface area contributed by atoms with Gasteiger partial charge in [0.2, 0.25) is 5.91 Å². The van der Waals surface area contributed by atoms with Gasteiger partial charge in [0, 0.05) is 18.7 Å². The number of rotatable bonds is 7. The highest BCUT2D eigenvalue weighted by Gasteiger charge is 2.03. The van der Waals surface area contributed by atoms with Crippen molar-refractivity contribution in [2.75, 3.05) is 19.0 Å². The van der Waals surface area contributed by atoms with Crippen LogP contribution in [0.3, 0.4) is 0 Å². The molecule has 0 saturated carbocycles. The largest absolute Gasteiger partial charge is 0.453 e. The Labute approximate surface area is 118 Å². The van der Waals surface area contributed by atoms with Gasteiger partial charge in [-0.3, -0.25) is 4.79 Å². The van der Waals surface area contributed by atoms with Gasteiger partial charge in [-0.2, -0.15) is 0 Å². The summed E-state index contributed by atoms with van der Waals surface area (Å²) in [4.78, 5) is 22.4. The van der Waals surface area contributed by atoms with Gasteiger partial charge < -0.3 is 20.5 Å². The van der Waals surface area contributed by atoms with Crippen LogP contribution in [-0.2, 0) is 16.1 Å². The van der Waals surface area contributed by atoms with Crippen LogP contribution >= 0.6 is 0 Å². The second-order valence-electron chi connectivity index (χ2n) is 4.28. The quantitative estimate of drug-likeness (QED) is 0.663. The number of benzene rings is 1. The van der Waals surface area contributed by atoms with E-state index < -0.39 is 6.09 Å². The molecule has 0 bridgehead atoms. The number of hydrogen-bond donors (Lipinski definition) is 3. The van der Waals surface area contributed by atoms with Crippen LogP contribution in [0.1, 0.15) is 24.8 Å².